The van der Waals surface area contributed by atoms with Gasteiger partial charge in [0.1, 0.15) is 0 Å². The summed E-state index contributed by atoms with van der Waals surface area (Å²) in [5, 5.41) is 8.80. The van der Waals surface area contributed by atoms with Crippen molar-refractivity contribution in [3.63, 3.8) is 0 Å². The second-order valence-corrected chi connectivity index (χ2v) is 3.11. The van der Waals surface area contributed by atoms with Gasteiger partial charge in [0, 0.05) is 0 Å². The molecular formula is C11H10F2N2O3. The second-order valence-electron chi connectivity index (χ2n) is 3.11. The Hall–Kier alpha value is -2.23. The quantitative estimate of drug-likeness (QED) is 0.771. The molecule has 7 heteroatoms. The lowest BCUT2D eigenvalue weighted by molar-refractivity contribution is 0.0517. The van der Waals surface area contributed by atoms with E-state index in [0.717, 1.165) is 13.2 Å². The number of carbonyl (C=O) groups excluding carboxylic acids is 1. The molecule has 0 saturated carbocycles. The number of alkyl halides is 2. The van der Waals surface area contributed by atoms with E-state index in [1.165, 1.54) is 0 Å². The molecule has 0 aliphatic rings. The Bertz CT molecular complexity index is 498. The SMILES string of the molecule is CCOC(=O)c1cc(C#N)c(C(F)F)c(OC)n1. The largest absolute Gasteiger partial charge is 0.481 e. The highest BCUT2D eigenvalue weighted by atomic mass is 19.3. The summed E-state index contributed by atoms with van der Waals surface area (Å²) in [6.45, 7) is 1.70. The number of rotatable bonds is 4. The van der Waals surface area contributed by atoms with E-state index in [1.807, 2.05) is 0 Å². The number of methoxy groups -OCH3 is 1. The van der Waals surface area contributed by atoms with Gasteiger partial charge in [-0.15, -0.1) is 0 Å². The third-order valence-electron chi connectivity index (χ3n) is 2.04. The fraction of sp³-hybridized carbons (Fsp3) is 0.364. The van der Waals surface area contributed by atoms with E-state index in [4.69, 9.17) is 5.26 Å². The lowest BCUT2D eigenvalue weighted by atomic mass is 10.1. The lowest BCUT2D eigenvalue weighted by Crippen LogP contribution is -2.10. The van der Waals surface area contributed by atoms with Crippen molar-refractivity contribution in [1.29, 1.82) is 5.26 Å². The van der Waals surface area contributed by atoms with E-state index >= 15 is 0 Å². The van der Waals surface area contributed by atoms with E-state index in [1.54, 1.807) is 13.0 Å². The molecule has 0 saturated heterocycles. The van der Waals surface area contributed by atoms with Crippen LogP contribution in [-0.2, 0) is 4.74 Å². The Morgan fingerprint density at radius 3 is 2.72 bits per heavy atom. The highest BCUT2D eigenvalue weighted by Gasteiger charge is 2.24. The highest BCUT2D eigenvalue weighted by Crippen LogP contribution is 2.31. The molecule has 0 bridgehead atoms. The van der Waals surface area contributed by atoms with Gasteiger partial charge < -0.3 is 9.47 Å². The van der Waals surface area contributed by atoms with Gasteiger partial charge in [0.25, 0.3) is 6.43 Å². The topological polar surface area (TPSA) is 72.2 Å². The Morgan fingerprint density at radius 2 is 2.28 bits per heavy atom. The van der Waals surface area contributed by atoms with Crippen LogP contribution in [0.4, 0.5) is 8.78 Å². The molecule has 0 aliphatic heterocycles. The minimum Gasteiger partial charge on any atom is -0.481 e. The van der Waals surface area contributed by atoms with Crippen LogP contribution >= 0.6 is 0 Å². The molecule has 0 atom stereocenters. The molecular weight excluding hydrogens is 246 g/mol. The fourth-order valence-electron chi connectivity index (χ4n) is 1.30. The van der Waals surface area contributed by atoms with Gasteiger partial charge in [-0.1, -0.05) is 0 Å². The molecule has 0 fully saturated rings. The molecule has 1 aromatic heterocycles. The number of hydrogen-bond acceptors (Lipinski definition) is 5. The van der Waals surface area contributed by atoms with Gasteiger partial charge in [-0.25, -0.2) is 18.6 Å². The van der Waals surface area contributed by atoms with Crippen LogP contribution in [0, 0.1) is 11.3 Å². The normalized spacial score (nSPS) is 10.0. The first-order chi connectivity index (χ1) is 8.54. The number of pyridine rings is 1. The monoisotopic (exact) mass is 256 g/mol. The number of carbonyl (C=O) groups is 1. The predicted molar refractivity (Wildman–Crippen MR) is 56.4 cm³/mol. The molecule has 0 N–H and O–H groups in total. The van der Waals surface area contributed by atoms with Gasteiger partial charge in [-0.2, -0.15) is 5.26 Å². The van der Waals surface area contributed by atoms with Gasteiger partial charge in [0.05, 0.1) is 30.9 Å². The smallest absolute Gasteiger partial charge is 0.357 e. The Balaban J connectivity index is 3.36. The van der Waals surface area contributed by atoms with Crippen molar-refractivity contribution >= 4 is 5.97 Å². The van der Waals surface area contributed by atoms with Crippen LogP contribution in [0.2, 0.25) is 0 Å². The van der Waals surface area contributed by atoms with Crippen molar-refractivity contribution in [3.05, 3.63) is 22.9 Å². The first-order valence-electron chi connectivity index (χ1n) is 4.99. The average Bonchev–Trinajstić information content (AvgIpc) is 2.36. The molecule has 18 heavy (non-hydrogen) atoms. The maximum Gasteiger partial charge on any atom is 0.357 e. The summed E-state index contributed by atoms with van der Waals surface area (Å²) >= 11 is 0. The lowest BCUT2D eigenvalue weighted by Gasteiger charge is -2.10. The number of esters is 1. The minimum absolute atomic E-state index is 0.112. The van der Waals surface area contributed by atoms with Crippen molar-refractivity contribution in [3.8, 4) is 11.9 Å². The minimum atomic E-state index is -2.92. The highest BCUT2D eigenvalue weighted by molar-refractivity contribution is 5.88. The third-order valence-corrected chi connectivity index (χ3v) is 2.04. The Kier molecular flexibility index (Phi) is 4.54. The molecule has 0 aliphatic carbocycles. The second kappa shape index (κ2) is 5.91. The molecule has 0 radical (unpaired) electrons. The zero-order valence-corrected chi connectivity index (χ0v) is 9.74. The van der Waals surface area contributed by atoms with Crippen LogP contribution in [0.25, 0.3) is 0 Å². The van der Waals surface area contributed by atoms with Crippen molar-refractivity contribution in [2.45, 2.75) is 13.3 Å². The Labute approximate surface area is 102 Å². The van der Waals surface area contributed by atoms with Crippen molar-refractivity contribution in [2.24, 2.45) is 0 Å². The molecule has 0 aromatic carbocycles. The van der Waals surface area contributed by atoms with E-state index in [9.17, 15) is 13.6 Å². The maximum atomic E-state index is 12.8. The number of hydrogen-bond donors (Lipinski definition) is 0. The fourth-order valence-corrected chi connectivity index (χ4v) is 1.30. The van der Waals surface area contributed by atoms with E-state index in [2.05, 4.69) is 14.5 Å². The molecule has 1 rings (SSSR count). The van der Waals surface area contributed by atoms with Gasteiger partial charge in [0.15, 0.2) is 5.69 Å². The van der Waals surface area contributed by atoms with Gasteiger partial charge in [-0.05, 0) is 13.0 Å². The molecule has 1 heterocycles. The summed E-state index contributed by atoms with van der Waals surface area (Å²) in [7, 11) is 1.13. The molecule has 96 valence electrons. The molecule has 0 spiro atoms. The number of ether oxygens (including phenoxy) is 2. The van der Waals surface area contributed by atoms with E-state index in [-0.39, 0.29) is 17.9 Å². The zero-order chi connectivity index (χ0) is 13.7. The predicted octanol–water partition coefficient (Wildman–Crippen LogP) is 2.08. The molecule has 0 amide bonds. The van der Waals surface area contributed by atoms with E-state index < -0.39 is 23.8 Å². The average molecular weight is 256 g/mol. The summed E-state index contributed by atoms with van der Waals surface area (Å²) in [5.74, 6) is -1.25. The first kappa shape index (κ1) is 13.8. The van der Waals surface area contributed by atoms with Crippen LogP contribution in [0.1, 0.15) is 35.0 Å². The summed E-state index contributed by atoms with van der Waals surface area (Å²) in [4.78, 5) is 15.0. The van der Waals surface area contributed by atoms with Crippen molar-refractivity contribution < 1.29 is 23.0 Å². The first-order valence-corrected chi connectivity index (χ1v) is 4.99. The van der Waals surface area contributed by atoms with Crippen LogP contribution in [0.3, 0.4) is 0 Å². The number of nitrogens with zero attached hydrogens (tertiary/aromatic N) is 2. The third kappa shape index (κ3) is 2.71. The standard InChI is InChI=1S/C11H10F2N2O3/c1-3-18-11(16)7-4-6(5-14)8(9(12)13)10(15-7)17-2/h4,9H,3H2,1-2H3. The summed E-state index contributed by atoms with van der Waals surface area (Å²) < 4.78 is 34.9. The van der Waals surface area contributed by atoms with Gasteiger partial charge in [0.2, 0.25) is 5.88 Å². The van der Waals surface area contributed by atoms with Crippen LogP contribution in [0.5, 0.6) is 5.88 Å². The zero-order valence-electron chi connectivity index (χ0n) is 9.74. The number of halogens is 2. The van der Waals surface area contributed by atoms with Crippen LogP contribution in [-0.4, -0.2) is 24.7 Å². The number of aromatic nitrogens is 1. The molecule has 0 unspecified atom stereocenters. The van der Waals surface area contributed by atoms with Crippen molar-refractivity contribution in [2.75, 3.05) is 13.7 Å². The maximum absolute atomic E-state index is 12.8. The molecule has 5 nitrogen and oxygen atoms in total. The van der Waals surface area contributed by atoms with Gasteiger partial charge >= 0.3 is 5.97 Å². The van der Waals surface area contributed by atoms with Gasteiger partial charge in [-0.3, -0.25) is 0 Å². The Morgan fingerprint density at radius 1 is 1.61 bits per heavy atom. The van der Waals surface area contributed by atoms with Crippen LogP contribution in [0.15, 0.2) is 6.07 Å². The number of nitriles is 1. The summed E-state index contributed by atoms with van der Waals surface area (Å²) in [6, 6.07) is 2.54. The van der Waals surface area contributed by atoms with E-state index in [0.29, 0.717) is 0 Å². The molecule has 1 aromatic rings. The van der Waals surface area contributed by atoms with Crippen molar-refractivity contribution in [1.82, 2.24) is 4.98 Å². The summed E-state index contributed by atoms with van der Waals surface area (Å²) in [5.41, 5.74) is -1.23. The van der Waals surface area contributed by atoms with Crippen LogP contribution < -0.4 is 4.74 Å². The summed E-state index contributed by atoms with van der Waals surface area (Å²) in [6.07, 6.45) is -2.92.